The van der Waals surface area contributed by atoms with Gasteiger partial charge in [-0.05, 0) is 50.2 Å². The molecule has 1 saturated heterocycles. The first-order valence-electron chi connectivity index (χ1n) is 9.79. The van der Waals surface area contributed by atoms with Gasteiger partial charge in [-0.2, -0.15) is 13.2 Å². The van der Waals surface area contributed by atoms with Crippen LogP contribution in [0.25, 0.3) is 0 Å². The van der Waals surface area contributed by atoms with E-state index in [4.69, 9.17) is 0 Å². The van der Waals surface area contributed by atoms with E-state index in [1.165, 1.54) is 6.07 Å². The van der Waals surface area contributed by atoms with E-state index in [0.717, 1.165) is 13.0 Å². The zero-order chi connectivity index (χ0) is 21.1. The van der Waals surface area contributed by atoms with Crippen LogP contribution in [0.15, 0.2) is 18.2 Å². The average Bonchev–Trinajstić information content (AvgIpc) is 2.59. The molecular weight excluding hydrogens is 367 g/mol. The number of rotatable bonds is 5. The number of benzene rings is 1. The molecule has 0 aromatic heterocycles. The summed E-state index contributed by atoms with van der Waals surface area (Å²) < 4.78 is 41.1. The van der Waals surface area contributed by atoms with Crippen molar-refractivity contribution in [3.63, 3.8) is 0 Å². The first kappa shape index (κ1) is 22.5. The van der Waals surface area contributed by atoms with E-state index in [0.29, 0.717) is 38.2 Å². The molecule has 0 unspecified atom stereocenters. The molecule has 0 N–H and O–H groups in total. The van der Waals surface area contributed by atoms with Crippen molar-refractivity contribution in [1.29, 1.82) is 0 Å². The summed E-state index contributed by atoms with van der Waals surface area (Å²) in [5.41, 5.74) is -0.0693. The Morgan fingerprint density at radius 2 is 1.68 bits per heavy atom. The molecule has 158 valence electrons. The largest absolute Gasteiger partial charge is 0.418 e. The van der Waals surface area contributed by atoms with Crippen molar-refractivity contribution in [1.82, 2.24) is 9.80 Å². The first-order chi connectivity index (χ1) is 12.9. The van der Waals surface area contributed by atoms with Gasteiger partial charge in [0.1, 0.15) is 0 Å². The maximum absolute atomic E-state index is 13.7. The summed E-state index contributed by atoms with van der Waals surface area (Å²) >= 11 is 0. The van der Waals surface area contributed by atoms with Gasteiger partial charge in [-0.15, -0.1) is 0 Å². The fraction of sp³-hybridized carbons (Fsp3) is 0.667. The first-order valence-corrected chi connectivity index (χ1v) is 9.79. The average molecular weight is 400 g/mol. The van der Waals surface area contributed by atoms with E-state index in [1.807, 2.05) is 39.8 Å². The van der Waals surface area contributed by atoms with Crippen LogP contribution in [0.3, 0.4) is 0 Å². The Morgan fingerprint density at radius 3 is 2.18 bits per heavy atom. The van der Waals surface area contributed by atoms with Crippen LogP contribution in [0.2, 0.25) is 0 Å². The highest BCUT2D eigenvalue weighted by Gasteiger charge is 2.36. The summed E-state index contributed by atoms with van der Waals surface area (Å²) in [6, 6.07) is 4.63. The molecule has 0 saturated carbocycles. The molecule has 0 aliphatic carbocycles. The molecule has 1 aromatic carbocycles. The highest BCUT2D eigenvalue weighted by atomic mass is 19.4. The summed E-state index contributed by atoms with van der Waals surface area (Å²) in [7, 11) is 3.93. The topological polar surface area (TPSA) is 26.8 Å². The van der Waals surface area contributed by atoms with Crippen LogP contribution in [0.5, 0.6) is 0 Å². The van der Waals surface area contributed by atoms with Crippen LogP contribution >= 0.6 is 0 Å². The highest BCUT2D eigenvalue weighted by molar-refractivity contribution is 5.76. The van der Waals surface area contributed by atoms with Crippen molar-refractivity contribution >= 4 is 11.6 Å². The zero-order valence-corrected chi connectivity index (χ0v) is 17.6. The number of carbonyl (C=O) groups is 1. The third-order valence-electron chi connectivity index (χ3n) is 5.14. The molecule has 0 bridgehead atoms. The van der Waals surface area contributed by atoms with E-state index in [-0.39, 0.29) is 17.0 Å². The number of halogens is 3. The van der Waals surface area contributed by atoms with E-state index in [9.17, 15) is 18.0 Å². The fourth-order valence-corrected chi connectivity index (χ4v) is 3.41. The molecule has 1 heterocycles. The molecule has 1 aromatic rings. The van der Waals surface area contributed by atoms with E-state index < -0.39 is 11.7 Å². The van der Waals surface area contributed by atoms with Gasteiger partial charge in [0.2, 0.25) is 5.91 Å². The normalized spacial score (nSPS) is 16.0. The quantitative estimate of drug-likeness (QED) is 0.749. The van der Waals surface area contributed by atoms with Gasteiger partial charge in [0.25, 0.3) is 0 Å². The molecule has 1 amide bonds. The monoisotopic (exact) mass is 399 g/mol. The second-order valence-corrected chi connectivity index (χ2v) is 8.75. The SMILES string of the molecule is CN(C)CCCC(=O)N1CCN(c2ccc(C(C)(C)C)cc2C(F)(F)F)CC1. The van der Waals surface area contributed by atoms with Gasteiger partial charge in [0, 0.05) is 38.3 Å². The third-order valence-corrected chi connectivity index (χ3v) is 5.14. The maximum Gasteiger partial charge on any atom is 0.418 e. The van der Waals surface area contributed by atoms with Gasteiger partial charge in [0.05, 0.1) is 5.56 Å². The number of nitrogens with zero attached hydrogens (tertiary/aromatic N) is 3. The van der Waals surface area contributed by atoms with Crippen LogP contribution in [-0.2, 0) is 16.4 Å². The van der Waals surface area contributed by atoms with E-state index in [1.54, 1.807) is 21.9 Å². The molecule has 0 atom stereocenters. The standard InChI is InChI=1S/C21H32F3N3O/c1-20(2,3)16-8-9-18(17(15-16)21(22,23)24)26-11-13-27(14-12-26)19(28)7-6-10-25(4)5/h8-9,15H,6-7,10-14H2,1-5H3. The van der Waals surface area contributed by atoms with Crippen LogP contribution in [-0.4, -0.2) is 62.5 Å². The van der Waals surface area contributed by atoms with Crippen LogP contribution in [0.1, 0.15) is 44.7 Å². The van der Waals surface area contributed by atoms with Crippen molar-refractivity contribution in [2.75, 3.05) is 51.7 Å². The van der Waals surface area contributed by atoms with Gasteiger partial charge in [-0.3, -0.25) is 4.79 Å². The molecule has 0 radical (unpaired) electrons. The lowest BCUT2D eigenvalue weighted by molar-refractivity contribution is -0.137. The van der Waals surface area contributed by atoms with Gasteiger partial charge in [0.15, 0.2) is 0 Å². The van der Waals surface area contributed by atoms with Crippen molar-refractivity contribution in [3.05, 3.63) is 29.3 Å². The molecule has 0 spiro atoms. The number of piperazine rings is 1. The Kier molecular flexibility index (Phi) is 7.02. The second-order valence-electron chi connectivity index (χ2n) is 8.75. The van der Waals surface area contributed by atoms with Crippen LogP contribution < -0.4 is 4.90 Å². The Balaban J connectivity index is 2.08. The van der Waals surface area contributed by atoms with Gasteiger partial charge < -0.3 is 14.7 Å². The lowest BCUT2D eigenvalue weighted by Crippen LogP contribution is -2.49. The summed E-state index contributed by atoms with van der Waals surface area (Å²) in [5.74, 6) is 0.0839. The molecule has 7 heteroatoms. The van der Waals surface area contributed by atoms with E-state index in [2.05, 4.69) is 0 Å². The second kappa shape index (κ2) is 8.72. The minimum absolute atomic E-state index is 0.0839. The summed E-state index contributed by atoms with van der Waals surface area (Å²) in [6.45, 7) is 8.31. The predicted molar refractivity (Wildman–Crippen MR) is 107 cm³/mol. The fourth-order valence-electron chi connectivity index (χ4n) is 3.41. The zero-order valence-electron chi connectivity index (χ0n) is 17.6. The number of hydrogen-bond donors (Lipinski definition) is 0. The van der Waals surface area contributed by atoms with Crippen molar-refractivity contribution in [2.45, 2.75) is 45.2 Å². The van der Waals surface area contributed by atoms with Crippen molar-refractivity contribution < 1.29 is 18.0 Å². The maximum atomic E-state index is 13.7. The summed E-state index contributed by atoms with van der Waals surface area (Å²) in [6.07, 6.45) is -3.14. The van der Waals surface area contributed by atoms with Crippen molar-refractivity contribution in [3.8, 4) is 0 Å². The minimum atomic E-state index is -4.41. The number of alkyl halides is 3. The van der Waals surface area contributed by atoms with Crippen LogP contribution in [0, 0.1) is 0 Å². The predicted octanol–water partition coefficient (Wildman–Crippen LogP) is 3.99. The molecule has 1 fully saturated rings. The molecular formula is C21H32F3N3O. The molecule has 1 aliphatic heterocycles. The Labute approximate surface area is 166 Å². The third kappa shape index (κ3) is 5.87. The van der Waals surface area contributed by atoms with Crippen molar-refractivity contribution in [2.24, 2.45) is 0 Å². The minimum Gasteiger partial charge on any atom is -0.367 e. The van der Waals surface area contributed by atoms with Crippen LogP contribution in [0.4, 0.5) is 18.9 Å². The Hall–Kier alpha value is -1.76. The number of carbonyl (C=O) groups excluding carboxylic acids is 1. The molecule has 2 rings (SSSR count). The number of amides is 1. The smallest absolute Gasteiger partial charge is 0.367 e. The van der Waals surface area contributed by atoms with Gasteiger partial charge in [-0.1, -0.05) is 26.8 Å². The number of hydrogen-bond acceptors (Lipinski definition) is 3. The summed E-state index contributed by atoms with van der Waals surface area (Å²) in [5, 5.41) is 0. The van der Waals surface area contributed by atoms with E-state index >= 15 is 0 Å². The lowest BCUT2D eigenvalue weighted by Gasteiger charge is -2.37. The molecule has 1 aliphatic rings. The summed E-state index contributed by atoms with van der Waals surface area (Å²) in [4.78, 5) is 17.9. The Bertz CT molecular complexity index is 672. The Morgan fingerprint density at radius 1 is 1.07 bits per heavy atom. The molecule has 28 heavy (non-hydrogen) atoms. The highest BCUT2D eigenvalue weighted by Crippen LogP contribution is 2.39. The lowest BCUT2D eigenvalue weighted by atomic mass is 9.85. The molecule has 4 nitrogen and oxygen atoms in total. The van der Waals surface area contributed by atoms with Gasteiger partial charge >= 0.3 is 6.18 Å². The number of anilines is 1. The van der Waals surface area contributed by atoms with Gasteiger partial charge in [-0.25, -0.2) is 0 Å².